The second kappa shape index (κ2) is 6.09. The fourth-order valence-electron chi connectivity index (χ4n) is 1.88. The number of carbonyl (C=O) groups is 2. The summed E-state index contributed by atoms with van der Waals surface area (Å²) in [6, 6.07) is 0. The zero-order valence-corrected chi connectivity index (χ0v) is 10.5. The lowest BCUT2D eigenvalue weighted by atomic mass is 9.98. The molecule has 0 aliphatic carbocycles. The average Bonchev–Trinajstić information content (AvgIpc) is 2.28. The molecule has 0 aromatic heterocycles. The zero-order valence-electron chi connectivity index (χ0n) is 9.74. The van der Waals surface area contributed by atoms with Crippen LogP contribution in [0.2, 0.25) is 0 Å². The number of piperidine rings is 1. The molecular weight excluding hydrogens is 230 g/mol. The van der Waals surface area contributed by atoms with Crippen LogP contribution in [0.4, 0.5) is 0 Å². The monoisotopic (exact) mass is 247 g/mol. The smallest absolute Gasteiger partial charge is 0.310 e. The number of hydrogen-bond acceptors (Lipinski definition) is 3. The van der Waals surface area contributed by atoms with E-state index in [2.05, 4.69) is 0 Å². The quantitative estimate of drug-likeness (QED) is 0.560. The number of halogens is 1. The summed E-state index contributed by atoms with van der Waals surface area (Å²) in [4.78, 5) is 24.9. The van der Waals surface area contributed by atoms with Crippen molar-refractivity contribution in [1.29, 1.82) is 0 Å². The van der Waals surface area contributed by atoms with E-state index in [0.717, 1.165) is 12.8 Å². The maximum Gasteiger partial charge on any atom is 0.310 e. The molecule has 0 saturated carbocycles. The molecule has 5 heteroatoms. The number of alkyl halides is 1. The van der Waals surface area contributed by atoms with Gasteiger partial charge in [-0.2, -0.15) is 0 Å². The summed E-state index contributed by atoms with van der Waals surface area (Å²) in [6.07, 6.45) is 1.62. The van der Waals surface area contributed by atoms with E-state index >= 15 is 0 Å². The lowest BCUT2D eigenvalue weighted by molar-refractivity contribution is -0.151. The number of amides is 1. The second-order valence-electron chi connectivity index (χ2n) is 3.99. The molecule has 1 heterocycles. The molecule has 16 heavy (non-hydrogen) atoms. The molecule has 1 rings (SSSR count). The molecule has 0 spiro atoms. The first-order valence-corrected chi connectivity index (χ1v) is 6.09. The van der Waals surface area contributed by atoms with E-state index in [9.17, 15) is 9.59 Å². The van der Waals surface area contributed by atoms with Crippen molar-refractivity contribution >= 4 is 23.5 Å². The standard InChI is InChI=1S/C11H18ClNO3/c1-3-16-11(15)9-5-4-6-13(7-9)10(14)8(2)12/h8-9H,3-7H2,1-2H3/t8-,9-/m0/s1. The summed E-state index contributed by atoms with van der Waals surface area (Å²) in [6.45, 7) is 4.94. The number of ether oxygens (including phenoxy) is 1. The highest BCUT2D eigenvalue weighted by molar-refractivity contribution is 6.30. The highest BCUT2D eigenvalue weighted by Gasteiger charge is 2.30. The van der Waals surface area contributed by atoms with Crippen molar-refractivity contribution in [2.75, 3.05) is 19.7 Å². The van der Waals surface area contributed by atoms with Crippen LogP contribution in [-0.2, 0) is 14.3 Å². The minimum absolute atomic E-state index is 0.101. The van der Waals surface area contributed by atoms with Crippen LogP contribution in [-0.4, -0.2) is 41.8 Å². The summed E-state index contributed by atoms with van der Waals surface area (Å²) in [5.74, 6) is -0.494. The molecule has 92 valence electrons. The lowest BCUT2D eigenvalue weighted by Crippen LogP contribution is -2.45. The first kappa shape index (κ1) is 13.3. The van der Waals surface area contributed by atoms with E-state index in [-0.39, 0.29) is 17.8 Å². The number of nitrogens with zero attached hydrogens (tertiary/aromatic N) is 1. The normalized spacial score (nSPS) is 22.7. The molecule has 0 bridgehead atoms. The fraction of sp³-hybridized carbons (Fsp3) is 0.818. The lowest BCUT2D eigenvalue weighted by Gasteiger charge is -2.32. The van der Waals surface area contributed by atoms with E-state index in [1.54, 1.807) is 18.7 Å². The van der Waals surface area contributed by atoms with Gasteiger partial charge >= 0.3 is 5.97 Å². The molecule has 1 saturated heterocycles. The minimum Gasteiger partial charge on any atom is -0.466 e. The predicted octanol–water partition coefficient (Wildman–Crippen LogP) is 1.42. The van der Waals surface area contributed by atoms with Gasteiger partial charge in [0.25, 0.3) is 0 Å². The Morgan fingerprint density at radius 1 is 1.56 bits per heavy atom. The van der Waals surface area contributed by atoms with Crippen molar-refractivity contribution in [2.24, 2.45) is 5.92 Å². The van der Waals surface area contributed by atoms with Crippen molar-refractivity contribution < 1.29 is 14.3 Å². The summed E-state index contributed by atoms with van der Waals surface area (Å²) in [7, 11) is 0. The molecule has 1 amide bonds. The third-order valence-electron chi connectivity index (χ3n) is 2.69. The van der Waals surface area contributed by atoms with Gasteiger partial charge in [0, 0.05) is 13.1 Å². The summed E-state index contributed by atoms with van der Waals surface area (Å²) in [5.41, 5.74) is 0. The van der Waals surface area contributed by atoms with E-state index < -0.39 is 5.38 Å². The third kappa shape index (κ3) is 3.37. The molecule has 0 radical (unpaired) electrons. The minimum atomic E-state index is -0.527. The molecule has 0 aromatic rings. The van der Waals surface area contributed by atoms with Crippen LogP contribution in [0.15, 0.2) is 0 Å². The molecule has 0 unspecified atom stereocenters. The zero-order chi connectivity index (χ0) is 12.1. The van der Waals surface area contributed by atoms with Gasteiger partial charge in [-0.15, -0.1) is 11.6 Å². The summed E-state index contributed by atoms with van der Waals surface area (Å²) >= 11 is 5.74. The Kier molecular flexibility index (Phi) is 5.06. The molecule has 1 aliphatic rings. The van der Waals surface area contributed by atoms with Crippen LogP contribution < -0.4 is 0 Å². The van der Waals surface area contributed by atoms with Crippen molar-refractivity contribution in [2.45, 2.75) is 32.1 Å². The number of hydrogen-bond donors (Lipinski definition) is 0. The van der Waals surface area contributed by atoms with Crippen LogP contribution in [0.25, 0.3) is 0 Å². The van der Waals surface area contributed by atoms with Crippen molar-refractivity contribution in [3.63, 3.8) is 0 Å². The van der Waals surface area contributed by atoms with Crippen LogP contribution in [0.5, 0.6) is 0 Å². The number of rotatable bonds is 3. The predicted molar refractivity (Wildman–Crippen MR) is 61.3 cm³/mol. The fourth-order valence-corrected chi connectivity index (χ4v) is 2.02. The molecule has 1 fully saturated rings. The Morgan fingerprint density at radius 2 is 2.25 bits per heavy atom. The molecule has 0 N–H and O–H groups in total. The average molecular weight is 248 g/mol. The van der Waals surface area contributed by atoms with Gasteiger partial charge in [-0.3, -0.25) is 9.59 Å². The second-order valence-corrected chi connectivity index (χ2v) is 4.65. The van der Waals surface area contributed by atoms with Crippen LogP contribution in [0, 0.1) is 5.92 Å². The first-order valence-electron chi connectivity index (χ1n) is 5.65. The summed E-state index contributed by atoms with van der Waals surface area (Å²) < 4.78 is 4.96. The number of likely N-dealkylation sites (tertiary alicyclic amines) is 1. The van der Waals surface area contributed by atoms with E-state index in [1.807, 2.05) is 0 Å². The SMILES string of the molecule is CCOC(=O)[C@H]1CCCN(C(=O)[C@H](C)Cl)C1. The van der Waals surface area contributed by atoms with Gasteiger partial charge in [0.05, 0.1) is 12.5 Å². The largest absolute Gasteiger partial charge is 0.466 e. The van der Waals surface area contributed by atoms with E-state index in [0.29, 0.717) is 19.7 Å². The Morgan fingerprint density at radius 3 is 2.81 bits per heavy atom. The van der Waals surface area contributed by atoms with Crippen LogP contribution in [0.3, 0.4) is 0 Å². The first-order chi connectivity index (χ1) is 7.56. The van der Waals surface area contributed by atoms with Crippen molar-refractivity contribution in [3.05, 3.63) is 0 Å². The summed E-state index contributed by atoms with van der Waals surface area (Å²) in [5, 5.41) is -0.527. The van der Waals surface area contributed by atoms with Gasteiger partial charge in [-0.1, -0.05) is 0 Å². The van der Waals surface area contributed by atoms with Gasteiger partial charge in [-0.05, 0) is 26.7 Å². The molecule has 1 aliphatic heterocycles. The number of esters is 1. The molecular formula is C11H18ClNO3. The Balaban J connectivity index is 2.53. The topological polar surface area (TPSA) is 46.6 Å². The maximum absolute atomic E-state index is 11.7. The van der Waals surface area contributed by atoms with Crippen LogP contribution in [0.1, 0.15) is 26.7 Å². The molecule has 0 aromatic carbocycles. The Hall–Kier alpha value is -0.770. The Labute approximate surface area is 101 Å². The van der Waals surface area contributed by atoms with Gasteiger partial charge in [0.15, 0.2) is 0 Å². The molecule has 4 nitrogen and oxygen atoms in total. The highest BCUT2D eigenvalue weighted by atomic mass is 35.5. The maximum atomic E-state index is 11.7. The Bertz CT molecular complexity index is 268. The van der Waals surface area contributed by atoms with Crippen molar-refractivity contribution in [3.8, 4) is 0 Å². The number of carbonyl (C=O) groups excluding carboxylic acids is 2. The van der Waals surface area contributed by atoms with Gasteiger partial charge < -0.3 is 9.64 Å². The van der Waals surface area contributed by atoms with Gasteiger partial charge in [0.2, 0.25) is 5.91 Å². The van der Waals surface area contributed by atoms with Gasteiger partial charge in [0.1, 0.15) is 5.38 Å². The highest BCUT2D eigenvalue weighted by Crippen LogP contribution is 2.19. The third-order valence-corrected chi connectivity index (χ3v) is 2.88. The van der Waals surface area contributed by atoms with E-state index in [4.69, 9.17) is 16.3 Å². The van der Waals surface area contributed by atoms with Crippen molar-refractivity contribution in [1.82, 2.24) is 4.90 Å². The molecule has 2 atom stereocenters. The van der Waals surface area contributed by atoms with Gasteiger partial charge in [-0.25, -0.2) is 0 Å². The van der Waals surface area contributed by atoms with E-state index in [1.165, 1.54) is 0 Å². The van der Waals surface area contributed by atoms with Crippen LogP contribution >= 0.6 is 11.6 Å².